The van der Waals surface area contributed by atoms with Crippen molar-refractivity contribution in [3.05, 3.63) is 34.4 Å². The third kappa shape index (κ3) is 3.40. The fraction of sp³-hybridized carbons (Fsp3) is 0.429. The van der Waals surface area contributed by atoms with E-state index in [-0.39, 0.29) is 17.8 Å². The second-order valence-corrected chi connectivity index (χ2v) is 7.01. The number of nitrogens with one attached hydrogen (secondary N) is 1. The molecule has 0 spiro atoms. The van der Waals surface area contributed by atoms with Crippen molar-refractivity contribution in [3.8, 4) is 0 Å². The number of carbonyl (C=O) groups excluding carboxylic acids is 2. The summed E-state index contributed by atoms with van der Waals surface area (Å²) in [5.74, 6) is -1.38. The maximum atomic E-state index is 12.1. The van der Waals surface area contributed by atoms with Crippen molar-refractivity contribution in [1.29, 1.82) is 0 Å². The van der Waals surface area contributed by atoms with Crippen molar-refractivity contribution in [3.63, 3.8) is 0 Å². The molecule has 9 heteroatoms. The number of anilines is 1. The highest BCUT2D eigenvalue weighted by Crippen LogP contribution is 2.64. The number of amides is 1. The number of nitro groups is 1. The van der Waals surface area contributed by atoms with Crippen LogP contribution >= 0.6 is 23.2 Å². The number of halogens is 2. The van der Waals surface area contributed by atoms with Gasteiger partial charge in [-0.15, -0.1) is 23.2 Å². The number of esters is 1. The summed E-state index contributed by atoms with van der Waals surface area (Å²) in [5.41, 5.74) is -1.29. The summed E-state index contributed by atoms with van der Waals surface area (Å²) < 4.78 is 3.86. The van der Waals surface area contributed by atoms with Gasteiger partial charge in [-0.1, -0.05) is 12.1 Å². The number of ether oxygens (including phenoxy) is 1. The van der Waals surface area contributed by atoms with Crippen molar-refractivity contribution in [1.82, 2.24) is 0 Å². The Morgan fingerprint density at radius 3 is 2.48 bits per heavy atom. The van der Waals surface area contributed by atoms with Crippen molar-refractivity contribution in [2.75, 3.05) is 5.32 Å². The van der Waals surface area contributed by atoms with Gasteiger partial charge in [-0.3, -0.25) is 19.7 Å². The summed E-state index contributed by atoms with van der Waals surface area (Å²) in [4.78, 5) is 34.3. The van der Waals surface area contributed by atoms with E-state index in [9.17, 15) is 19.7 Å². The SMILES string of the molecule is C[C@@H](OC(=O)[C@@]1(C)CC1(Cl)Cl)C(=O)Nc1ccccc1[N+](=O)[O-]. The molecular weight excluding hydrogens is 347 g/mol. The van der Waals surface area contributed by atoms with E-state index in [2.05, 4.69) is 5.32 Å². The second-order valence-electron chi connectivity index (χ2n) is 5.52. The summed E-state index contributed by atoms with van der Waals surface area (Å²) in [7, 11) is 0. The number of benzene rings is 1. The zero-order valence-electron chi connectivity index (χ0n) is 12.3. The predicted molar refractivity (Wildman–Crippen MR) is 84.4 cm³/mol. The van der Waals surface area contributed by atoms with Gasteiger partial charge in [0.05, 0.1) is 4.92 Å². The Hall–Kier alpha value is -1.86. The largest absolute Gasteiger partial charge is 0.452 e. The van der Waals surface area contributed by atoms with E-state index in [0.717, 1.165) is 0 Å². The number of nitro benzene ring substituents is 1. The molecule has 1 aliphatic rings. The van der Waals surface area contributed by atoms with Crippen LogP contribution in [0.1, 0.15) is 20.3 Å². The quantitative estimate of drug-likeness (QED) is 0.376. The van der Waals surface area contributed by atoms with Gasteiger partial charge in [-0.25, -0.2) is 0 Å². The van der Waals surface area contributed by atoms with Crippen LogP contribution in [0.3, 0.4) is 0 Å². The average Bonchev–Trinajstić information content (AvgIpc) is 2.99. The molecule has 2 rings (SSSR count). The van der Waals surface area contributed by atoms with E-state index in [1.165, 1.54) is 25.1 Å². The zero-order chi connectivity index (χ0) is 17.4. The smallest absolute Gasteiger partial charge is 0.315 e. The molecule has 1 fully saturated rings. The van der Waals surface area contributed by atoms with Crippen LogP contribution in [0.25, 0.3) is 0 Å². The lowest BCUT2D eigenvalue weighted by Crippen LogP contribution is -2.33. The number of alkyl halides is 2. The zero-order valence-corrected chi connectivity index (χ0v) is 13.9. The molecule has 0 saturated heterocycles. The van der Waals surface area contributed by atoms with Gasteiger partial charge in [0.2, 0.25) is 0 Å². The highest BCUT2D eigenvalue weighted by Gasteiger charge is 2.69. The van der Waals surface area contributed by atoms with Crippen LogP contribution in [-0.4, -0.2) is 27.2 Å². The molecule has 0 aliphatic heterocycles. The van der Waals surface area contributed by atoms with Crippen LogP contribution in [0.15, 0.2) is 24.3 Å². The lowest BCUT2D eigenvalue weighted by atomic mass is 10.1. The second kappa shape index (κ2) is 5.98. The standard InChI is InChI=1S/C14H14Cl2N2O5/c1-8(23-12(20)13(2)7-14(13,15)16)11(19)17-9-5-3-4-6-10(9)18(21)22/h3-6,8H,7H2,1-2H3,(H,17,19)/t8-,13-/m1/s1. The molecule has 0 radical (unpaired) electrons. The molecule has 0 unspecified atom stereocenters. The van der Waals surface area contributed by atoms with Gasteiger partial charge >= 0.3 is 5.97 Å². The fourth-order valence-electron chi connectivity index (χ4n) is 1.94. The topological polar surface area (TPSA) is 98.5 Å². The summed E-state index contributed by atoms with van der Waals surface area (Å²) in [6, 6.07) is 5.66. The van der Waals surface area contributed by atoms with Crippen molar-refractivity contribution < 1.29 is 19.2 Å². The Bertz CT molecular complexity index is 679. The Morgan fingerprint density at radius 2 is 1.96 bits per heavy atom. The molecular formula is C14H14Cl2N2O5. The number of carbonyl (C=O) groups is 2. The highest BCUT2D eigenvalue weighted by molar-refractivity contribution is 6.53. The molecule has 1 aromatic carbocycles. The first-order valence-electron chi connectivity index (χ1n) is 6.72. The Kier molecular flexibility index (Phi) is 4.54. The van der Waals surface area contributed by atoms with Gasteiger partial charge < -0.3 is 10.1 Å². The predicted octanol–water partition coefficient (Wildman–Crippen LogP) is 3.05. The van der Waals surface area contributed by atoms with Crippen molar-refractivity contribution in [2.24, 2.45) is 5.41 Å². The first kappa shape index (κ1) is 17.5. The van der Waals surface area contributed by atoms with Gasteiger partial charge in [0.25, 0.3) is 11.6 Å². The van der Waals surface area contributed by atoms with Gasteiger partial charge in [0.15, 0.2) is 6.10 Å². The first-order valence-corrected chi connectivity index (χ1v) is 7.47. The van der Waals surface area contributed by atoms with E-state index in [4.69, 9.17) is 27.9 Å². The van der Waals surface area contributed by atoms with E-state index in [0.29, 0.717) is 0 Å². The Labute approximate surface area is 142 Å². The molecule has 0 heterocycles. The molecule has 23 heavy (non-hydrogen) atoms. The van der Waals surface area contributed by atoms with Crippen molar-refractivity contribution in [2.45, 2.75) is 30.7 Å². The molecule has 0 aromatic heterocycles. The van der Waals surface area contributed by atoms with Crippen molar-refractivity contribution >= 4 is 46.5 Å². The number of hydrogen-bond donors (Lipinski definition) is 1. The molecule has 124 valence electrons. The number of para-hydroxylation sites is 2. The van der Waals surface area contributed by atoms with Crippen LogP contribution < -0.4 is 5.32 Å². The van der Waals surface area contributed by atoms with Crippen LogP contribution in [0.2, 0.25) is 0 Å². The van der Waals surface area contributed by atoms with E-state index in [1.807, 2.05) is 0 Å². The van der Waals surface area contributed by atoms with Crippen LogP contribution in [0, 0.1) is 15.5 Å². The maximum Gasteiger partial charge on any atom is 0.315 e. The van der Waals surface area contributed by atoms with E-state index < -0.39 is 32.7 Å². The number of rotatable bonds is 5. The van der Waals surface area contributed by atoms with Gasteiger partial charge in [0, 0.05) is 12.5 Å². The lowest BCUT2D eigenvalue weighted by molar-refractivity contribution is -0.383. The summed E-state index contributed by atoms with van der Waals surface area (Å²) >= 11 is 11.8. The molecule has 1 N–H and O–H groups in total. The van der Waals surface area contributed by atoms with Crippen LogP contribution in [0.4, 0.5) is 11.4 Å². The maximum absolute atomic E-state index is 12.1. The number of hydrogen-bond acceptors (Lipinski definition) is 5. The minimum absolute atomic E-state index is 0.0204. The molecule has 2 atom stereocenters. The van der Waals surface area contributed by atoms with Gasteiger partial charge in [0.1, 0.15) is 15.4 Å². The summed E-state index contributed by atoms with van der Waals surface area (Å²) in [6.45, 7) is 2.90. The van der Waals surface area contributed by atoms with E-state index >= 15 is 0 Å². The van der Waals surface area contributed by atoms with Gasteiger partial charge in [-0.05, 0) is 19.9 Å². The molecule has 1 aromatic rings. The molecule has 1 amide bonds. The van der Waals surface area contributed by atoms with Gasteiger partial charge in [-0.2, -0.15) is 0 Å². The summed E-state index contributed by atoms with van der Waals surface area (Å²) in [5, 5.41) is 13.3. The Balaban J connectivity index is 2.02. The Morgan fingerprint density at radius 1 is 1.39 bits per heavy atom. The summed E-state index contributed by atoms with van der Waals surface area (Å²) in [6.07, 6.45) is -0.913. The van der Waals surface area contributed by atoms with E-state index in [1.54, 1.807) is 13.0 Å². The third-order valence-electron chi connectivity index (χ3n) is 3.72. The monoisotopic (exact) mass is 360 g/mol. The molecule has 0 bridgehead atoms. The molecule has 7 nitrogen and oxygen atoms in total. The third-order valence-corrected chi connectivity index (χ3v) is 4.82. The number of nitrogens with zero attached hydrogens (tertiary/aromatic N) is 1. The fourth-order valence-corrected chi connectivity index (χ4v) is 2.63. The first-order chi connectivity index (χ1) is 10.6. The molecule has 1 aliphatic carbocycles. The average molecular weight is 361 g/mol. The minimum Gasteiger partial charge on any atom is -0.452 e. The lowest BCUT2D eigenvalue weighted by Gasteiger charge is -2.17. The minimum atomic E-state index is -1.20. The normalized spacial score (nSPS) is 22.8. The highest BCUT2D eigenvalue weighted by atomic mass is 35.5. The van der Waals surface area contributed by atoms with Crippen LogP contribution in [0.5, 0.6) is 0 Å². The van der Waals surface area contributed by atoms with Crippen LogP contribution in [-0.2, 0) is 14.3 Å². The molecule has 1 saturated carbocycles.